The van der Waals surface area contributed by atoms with Crippen LogP contribution in [0.5, 0.6) is 5.75 Å². The molecule has 0 spiro atoms. The van der Waals surface area contributed by atoms with Crippen LogP contribution in [-0.4, -0.2) is 47.4 Å². The summed E-state index contributed by atoms with van der Waals surface area (Å²) >= 11 is 0. The fourth-order valence-electron chi connectivity index (χ4n) is 1.64. The highest BCUT2D eigenvalue weighted by molar-refractivity contribution is 7.86. The SMILES string of the molecule is CN=C(NCCOc1ccccc1)NCCS(=O)C(C)(C)C. The van der Waals surface area contributed by atoms with E-state index in [2.05, 4.69) is 15.6 Å². The summed E-state index contributed by atoms with van der Waals surface area (Å²) in [5.41, 5.74) is 0. The van der Waals surface area contributed by atoms with Crippen LogP contribution < -0.4 is 15.4 Å². The van der Waals surface area contributed by atoms with Crippen molar-refractivity contribution in [3.05, 3.63) is 30.3 Å². The third kappa shape index (κ3) is 7.45. The molecule has 2 N–H and O–H groups in total. The van der Waals surface area contributed by atoms with E-state index in [0.717, 1.165) is 5.75 Å². The Morgan fingerprint density at radius 3 is 2.41 bits per heavy atom. The lowest BCUT2D eigenvalue weighted by atomic mass is 10.3. The standard InChI is InChI=1S/C16H27N3O2S/c1-16(2,3)22(20)13-11-19-15(17-4)18-10-12-21-14-8-6-5-7-9-14/h5-9H,10-13H2,1-4H3,(H2,17,18,19). The molecule has 124 valence electrons. The highest BCUT2D eigenvalue weighted by Gasteiger charge is 2.18. The first-order valence-corrected chi connectivity index (χ1v) is 8.76. The normalized spacial score (nSPS) is 13.5. The van der Waals surface area contributed by atoms with Crippen LogP contribution >= 0.6 is 0 Å². The predicted molar refractivity (Wildman–Crippen MR) is 94.1 cm³/mol. The van der Waals surface area contributed by atoms with E-state index in [9.17, 15) is 4.21 Å². The predicted octanol–water partition coefficient (Wildman–Crippen LogP) is 1.78. The largest absolute Gasteiger partial charge is 0.492 e. The fraction of sp³-hybridized carbons (Fsp3) is 0.562. The molecular weight excluding hydrogens is 298 g/mol. The molecule has 5 nitrogen and oxygen atoms in total. The van der Waals surface area contributed by atoms with Gasteiger partial charge in [0.15, 0.2) is 5.96 Å². The summed E-state index contributed by atoms with van der Waals surface area (Å²) in [5, 5.41) is 6.33. The number of guanidine groups is 1. The number of nitrogens with zero attached hydrogens (tertiary/aromatic N) is 1. The molecule has 1 rings (SSSR count). The zero-order chi connectivity index (χ0) is 16.4. The second-order valence-corrected chi connectivity index (χ2v) is 8.07. The zero-order valence-electron chi connectivity index (χ0n) is 13.9. The summed E-state index contributed by atoms with van der Waals surface area (Å²) in [6.45, 7) is 7.78. The van der Waals surface area contributed by atoms with Crippen LogP contribution in [0.25, 0.3) is 0 Å². The Balaban J connectivity index is 2.19. The Kier molecular flexibility index (Phi) is 7.95. The van der Waals surface area contributed by atoms with Crippen molar-refractivity contribution < 1.29 is 8.95 Å². The number of benzene rings is 1. The van der Waals surface area contributed by atoms with Gasteiger partial charge in [-0.05, 0) is 32.9 Å². The van der Waals surface area contributed by atoms with Crippen LogP contribution in [0.15, 0.2) is 35.3 Å². The van der Waals surface area contributed by atoms with Gasteiger partial charge in [-0.15, -0.1) is 0 Å². The van der Waals surface area contributed by atoms with Gasteiger partial charge < -0.3 is 15.4 Å². The van der Waals surface area contributed by atoms with Crippen molar-refractivity contribution in [2.45, 2.75) is 25.5 Å². The molecule has 0 bridgehead atoms. The lowest BCUT2D eigenvalue weighted by Gasteiger charge is -2.18. The van der Waals surface area contributed by atoms with Crippen molar-refractivity contribution in [2.75, 3.05) is 32.5 Å². The third-order valence-electron chi connectivity index (χ3n) is 2.89. The molecule has 0 aliphatic heterocycles. The number of para-hydroxylation sites is 1. The van der Waals surface area contributed by atoms with E-state index < -0.39 is 10.8 Å². The topological polar surface area (TPSA) is 62.7 Å². The van der Waals surface area contributed by atoms with E-state index in [-0.39, 0.29) is 4.75 Å². The van der Waals surface area contributed by atoms with Gasteiger partial charge in [0.25, 0.3) is 0 Å². The summed E-state index contributed by atoms with van der Waals surface area (Å²) in [7, 11) is 0.858. The smallest absolute Gasteiger partial charge is 0.191 e. The maximum Gasteiger partial charge on any atom is 0.191 e. The molecule has 1 atom stereocenters. The van der Waals surface area contributed by atoms with E-state index in [1.165, 1.54) is 0 Å². The minimum Gasteiger partial charge on any atom is -0.492 e. The highest BCUT2D eigenvalue weighted by Crippen LogP contribution is 2.10. The van der Waals surface area contributed by atoms with Gasteiger partial charge in [0.05, 0.1) is 6.54 Å². The van der Waals surface area contributed by atoms with Crippen molar-refractivity contribution in [3.8, 4) is 5.75 Å². The Morgan fingerprint density at radius 2 is 1.82 bits per heavy atom. The van der Waals surface area contributed by atoms with Crippen molar-refractivity contribution >= 4 is 16.8 Å². The van der Waals surface area contributed by atoms with Crippen LogP contribution in [0, 0.1) is 0 Å². The van der Waals surface area contributed by atoms with Gasteiger partial charge in [0.2, 0.25) is 0 Å². The molecule has 22 heavy (non-hydrogen) atoms. The molecule has 0 aromatic heterocycles. The first-order valence-electron chi connectivity index (χ1n) is 7.44. The molecule has 1 aromatic carbocycles. The molecule has 6 heteroatoms. The summed E-state index contributed by atoms with van der Waals surface area (Å²) in [6, 6.07) is 9.69. The molecule has 0 fully saturated rings. The van der Waals surface area contributed by atoms with Crippen LogP contribution in [0.1, 0.15) is 20.8 Å². The Hall–Kier alpha value is -1.56. The van der Waals surface area contributed by atoms with Gasteiger partial charge >= 0.3 is 0 Å². The van der Waals surface area contributed by atoms with E-state index in [0.29, 0.717) is 31.4 Å². The lowest BCUT2D eigenvalue weighted by molar-refractivity contribution is 0.322. The number of hydrogen-bond acceptors (Lipinski definition) is 3. The molecule has 0 saturated carbocycles. The van der Waals surface area contributed by atoms with Gasteiger partial charge in [-0.2, -0.15) is 0 Å². The monoisotopic (exact) mass is 325 g/mol. The van der Waals surface area contributed by atoms with Crippen molar-refractivity contribution in [1.82, 2.24) is 10.6 Å². The number of rotatable bonds is 7. The van der Waals surface area contributed by atoms with Crippen molar-refractivity contribution in [1.29, 1.82) is 0 Å². The van der Waals surface area contributed by atoms with Gasteiger partial charge in [0.1, 0.15) is 12.4 Å². The summed E-state index contributed by atoms with van der Waals surface area (Å²) in [5.74, 6) is 2.15. The number of nitrogens with one attached hydrogen (secondary N) is 2. The van der Waals surface area contributed by atoms with Crippen molar-refractivity contribution in [2.24, 2.45) is 4.99 Å². The highest BCUT2D eigenvalue weighted by atomic mass is 32.2. The molecule has 1 unspecified atom stereocenters. The number of aliphatic imine (C=N–C) groups is 1. The van der Waals surface area contributed by atoms with Gasteiger partial charge in [0, 0.05) is 34.9 Å². The Bertz CT molecular complexity index is 484. The molecule has 0 heterocycles. The summed E-state index contributed by atoms with van der Waals surface area (Å²) in [6.07, 6.45) is 0. The molecule has 0 aliphatic rings. The number of hydrogen-bond donors (Lipinski definition) is 2. The average molecular weight is 325 g/mol. The number of ether oxygens (including phenoxy) is 1. The van der Waals surface area contributed by atoms with Crippen LogP contribution in [-0.2, 0) is 10.8 Å². The minimum atomic E-state index is -0.858. The van der Waals surface area contributed by atoms with Crippen LogP contribution in [0.3, 0.4) is 0 Å². The maximum absolute atomic E-state index is 11.9. The molecule has 0 radical (unpaired) electrons. The van der Waals surface area contributed by atoms with Gasteiger partial charge in [-0.25, -0.2) is 0 Å². The first kappa shape index (κ1) is 18.5. The minimum absolute atomic E-state index is 0.178. The summed E-state index contributed by atoms with van der Waals surface area (Å²) in [4.78, 5) is 4.13. The van der Waals surface area contributed by atoms with E-state index in [1.807, 2.05) is 51.1 Å². The lowest BCUT2D eigenvalue weighted by Crippen LogP contribution is -2.41. The molecule has 1 aromatic rings. The van der Waals surface area contributed by atoms with Crippen LogP contribution in [0.2, 0.25) is 0 Å². The first-order chi connectivity index (χ1) is 10.4. The maximum atomic E-state index is 11.9. The average Bonchev–Trinajstić information content (AvgIpc) is 2.49. The Labute approximate surface area is 136 Å². The van der Waals surface area contributed by atoms with Gasteiger partial charge in [-0.3, -0.25) is 9.20 Å². The van der Waals surface area contributed by atoms with E-state index in [4.69, 9.17) is 4.74 Å². The third-order valence-corrected chi connectivity index (χ3v) is 4.83. The van der Waals surface area contributed by atoms with Crippen LogP contribution in [0.4, 0.5) is 0 Å². The fourth-order valence-corrected chi connectivity index (χ4v) is 2.54. The quantitative estimate of drug-likeness (QED) is 0.456. The summed E-state index contributed by atoms with van der Waals surface area (Å²) < 4.78 is 17.4. The molecule has 0 saturated heterocycles. The molecular formula is C16H27N3O2S. The van der Waals surface area contributed by atoms with E-state index in [1.54, 1.807) is 7.05 Å². The van der Waals surface area contributed by atoms with Gasteiger partial charge in [-0.1, -0.05) is 18.2 Å². The molecule has 0 amide bonds. The Morgan fingerprint density at radius 1 is 1.18 bits per heavy atom. The van der Waals surface area contributed by atoms with E-state index >= 15 is 0 Å². The second-order valence-electron chi connectivity index (χ2n) is 5.75. The second kappa shape index (κ2) is 9.46. The van der Waals surface area contributed by atoms with Crippen molar-refractivity contribution in [3.63, 3.8) is 0 Å². The zero-order valence-corrected chi connectivity index (χ0v) is 14.7. The molecule has 0 aliphatic carbocycles.